The molecule has 6 heteroatoms. The molecule has 0 unspecified atom stereocenters. The second-order valence-electron chi connectivity index (χ2n) is 5.28. The van der Waals surface area contributed by atoms with Gasteiger partial charge in [-0.15, -0.1) is 0 Å². The summed E-state index contributed by atoms with van der Waals surface area (Å²) in [6.45, 7) is 3.40. The van der Waals surface area contributed by atoms with Crippen molar-refractivity contribution in [3.63, 3.8) is 0 Å². The van der Waals surface area contributed by atoms with Crippen LogP contribution in [0.2, 0.25) is 0 Å². The SMILES string of the molecule is CCOC(=O)c1cc(NCCN(C)C2CC2)c(F)cc1N. The topological polar surface area (TPSA) is 67.6 Å². The minimum atomic E-state index is -0.534. The van der Waals surface area contributed by atoms with Crippen LogP contribution >= 0.6 is 0 Å². The van der Waals surface area contributed by atoms with Crippen molar-refractivity contribution in [3.05, 3.63) is 23.5 Å². The lowest BCUT2D eigenvalue weighted by Gasteiger charge is -2.17. The van der Waals surface area contributed by atoms with Crippen LogP contribution in [0.1, 0.15) is 30.1 Å². The number of nitrogen functional groups attached to an aromatic ring is 1. The van der Waals surface area contributed by atoms with Gasteiger partial charge in [-0.05, 0) is 38.9 Å². The highest BCUT2D eigenvalue weighted by Crippen LogP contribution is 2.25. The Bertz CT molecular complexity index is 518. The number of esters is 1. The third-order valence-corrected chi connectivity index (χ3v) is 3.58. The summed E-state index contributed by atoms with van der Waals surface area (Å²) in [5, 5.41) is 3.01. The number of halogens is 1. The minimum Gasteiger partial charge on any atom is -0.462 e. The zero-order chi connectivity index (χ0) is 15.4. The van der Waals surface area contributed by atoms with Gasteiger partial charge in [-0.1, -0.05) is 0 Å². The number of carbonyl (C=O) groups excluding carboxylic acids is 1. The summed E-state index contributed by atoms with van der Waals surface area (Å²) in [7, 11) is 2.06. The highest BCUT2D eigenvalue weighted by molar-refractivity contribution is 5.96. The van der Waals surface area contributed by atoms with Crippen molar-refractivity contribution in [3.8, 4) is 0 Å². The molecule has 0 radical (unpaired) electrons. The molecule has 21 heavy (non-hydrogen) atoms. The largest absolute Gasteiger partial charge is 0.462 e. The van der Waals surface area contributed by atoms with Crippen LogP contribution < -0.4 is 11.1 Å². The van der Waals surface area contributed by atoms with Gasteiger partial charge in [0, 0.05) is 24.8 Å². The predicted octanol–water partition coefficient (Wildman–Crippen LogP) is 2.09. The molecular weight excluding hydrogens is 273 g/mol. The van der Waals surface area contributed by atoms with E-state index in [1.807, 2.05) is 0 Å². The second-order valence-corrected chi connectivity index (χ2v) is 5.28. The summed E-state index contributed by atoms with van der Waals surface area (Å²) >= 11 is 0. The van der Waals surface area contributed by atoms with Gasteiger partial charge in [0.05, 0.1) is 17.9 Å². The summed E-state index contributed by atoms with van der Waals surface area (Å²) in [6.07, 6.45) is 2.47. The molecule has 1 aromatic carbocycles. The molecule has 0 amide bonds. The van der Waals surface area contributed by atoms with Gasteiger partial charge in [0.15, 0.2) is 0 Å². The molecule has 0 heterocycles. The summed E-state index contributed by atoms with van der Waals surface area (Å²) in [5.74, 6) is -0.997. The van der Waals surface area contributed by atoms with Crippen LogP contribution in [0.15, 0.2) is 12.1 Å². The van der Waals surface area contributed by atoms with Crippen molar-refractivity contribution in [2.45, 2.75) is 25.8 Å². The minimum absolute atomic E-state index is 0.0894. The molecule has 1 aliphatic carbocycles. The molecule has 1 aromatic rings. The lowest BCUT2D eigenvalue weighted by atomic mass is 10.1. The molecular formula is C15H22FN3O2. The standard InChI is InChI=1S/C15H22FN3O2/c1-3-21-15(20)11-8-14(12(16)9-13(11)17)18-6-7-19(2)10-4-5-10/h8-10,18H,3-7,17H2,1-2H3. The lowest BCUT2D eigenvalue weighted by molar-refractivity contribution is 0.0527. The average Bonchev–Trinajstić information content (AvgIpc) is 3.25. The van der Waals surface area contributed by atoms with Crippen LogP contribution in [0.4, 0.5) is 15.8 Å². The molecule has 0 spiro atoms. The van der Waals surface area contributed by atoms with E-state index in [-0.39, 0.29) is 23.5 Å². The zero-order valence-corrected chi connectivity index (χ0v) is 12.5. The maximum Gasteiger partial charge on any atom is 0.340 e. The van der Waals surface area contributed by atoms with E-state index >= 15 is 0 Å². The number of hydrogen-bond acceptors (Lipinski definition) is 5. The number of nitrogens with two attached hydrogens (primary N) is 1. The molecule has 2 rings (SSSR count). The number of likely N-dealkylation sites (N-methyl/N-ethyl adjacent to an activating group) is 1. The maximum atomic E-state index is 13.9. The molecule has 116 valence electrons. The molecule has 0 saturated heterocycles. The van der Waals surface area contributed by atoms with Crippen LogP contribution in [-0.2, 0) is 4.74 Å². The quantitative estimate of drug-likeness (QED) is 0.595. The highest BCUT2D eigenvalue weighted by Gasteiger charge is 2.25. The van der Waals surface area contributed by atoms with Crippen molar-refractivity contribution in [2.24, 2.45) is 0 Å². The Balaban J connectivity index is 2.00. The Labute approximate surface area is 124 Å². The zero-order valence-electron chi connectivity index (χ0n) is 12.5. The van der Waals surface area contributed by atoms with E-state index in [0.717, 1.165) is 12.6 Å². The predicted molar refractivity (Wildman–Crippen MR) is 80.9 cm³/mol. The molecule has 1 fully saturated rings. The lowest BCUT2D eigenvalue weighted by Crippen LogP contribution is -2.27. The van der Waals surface area contributed by atoms with Crippen molar-refractivity contribution in [1.82, 2.24) is 4.90 Å². The third-order valence-electron chi connectivity index (χ3n) is 3.58. The Morgan fingerprint density at radius 3 is 2.86 bits per heavy atom. The number of nitrogens with one attached hydrogen (secondary N) is 1. The number of ether oxygens (including phenoxy) is 1. The highest BCUT2D eigenvalue weighted by atomic mass is 19.1. The number of rotatable bonds is 7. The fraction of sp³-hybridized carbons (Fsp3) is 0.533. The van der Waals surface area contributed by atoms with E-state index in [1.54, 1.807) is 6.92 Å². The third kappa shape index (κ3) is 4.07. The first-order valence-corrected chi connectivity index (χ1v) is 7.23. The molecule has 0 aromatic heterocycles. The van der Waals surface area contributed by atoms with Crippen LogP contribution in [0.5, 0.6) is 0 Å². The van der Waals surface area contributed by atoms with Crippen molar-refractivity contribution in [2.75, 3.05) is 37.8 Å². The number of nitrogens with zero attached hydrogens (tertiary/aromatic N) is 1. The van der Waals surface area contributed by atoms with Gasteiger partial charge in [-0.2, -0.15) is 0 Å². The summed E-state index contributed by atoms with van der Waals surface area (Å²) in [5.41, 5.74) is 6.22. The van der Waals surface area contributed by atoms with Gasteiger partial charge in [0.1, 0.15) is 5.82 Å². The smallest absolute Gasteiger partial charge is 0.340 e. The molecule has 5 nitrogen and oxygen atoms in total. The Morgan fingerprint density at radius 2 is 2.24 bits per heavy atom. The van der Waals surface area contributed by atoms with Gasteiger partial charge in [-0.3, -0.25) is 0 Å². The number of anilines is 2. The number of carbonyl (C=O) groups is 1. The normalized spacial score (nSPS) is 14.3. The molecule has 0 aliphatic heterocycles. The van der Waals surface area contributed by atoms with Gasteiger partial charge in [0.25, 0.3) is 0 Å². The van der Waals surface area contributed by atoms with Gasteiger partial charge < -0.3 is 20.7 Å². The molecule has 3 N–H and O–H groups in total. The van der Waals surface area contributed by atoms with E-state index in [9.17, 15) is 9.18 Å². The van der Waals surface area contributed by atoms with E-state index in [4.69, 9.17) is 10.5 Å². The van der Waals surface area contributed by atoms with Crippen LogP contribution in [-0.4, -0.2) is 43.7 Å². The summed E-state index contributed by atoms with van der Waals surface area (Å²) in [4.78, 5) is 14.0. The summed E-state index contributed by atoms with van der Waals surface area (Å²) < 4.78 is 18.8. The Morgan fingerprint density at radius 1 is 1.52 bits per heavy atom. The second kappa shape index (κ2) is 6.76. The number of hydrogen-bond donors (Lipinski definition) is 2. The Hall–Kier alpha value is -1.82. The first-order valence-electron chi connectivity index (χ1n) is 7.23. The van der Waals surface area contributed by atoms with E-state index in [1.165, 1.54) is 18.9 Å². The molecule has 1 saturated carbocycles. The summed E-state index contributed by atoms with van der Waals surface area (Å²) in [6, 6.07) is 3.23. The molecule has 0 atom stereocenters. The van der Waals surface area contributed by atoms with E-state index < -0.39 is 11.8 Å². The molecule has 0 bridgehead atoms. The fourth-order valence-corrected chi connectivity index (χ4v) is 2.17. The van der Waals surface area contributed by atoms with E-state index in [2.05, 4.69) is 17.3 Å². The van der Waals surface area contributed by atoms with Crippen molar-refractivity contribution in [1.29, 1.82) is 0 Å². The average molecular weight is 295 g/mol. The van der Waals surface area contributed by atoms with Crippen LogP contribution in [0.25, 0.3) is 0 Å². The Kier molecular flexibility index (Phi) is 5.01. The number of benzene rings is 1. The van der Waals surface area contributed by atoms with Crippen LogP contribution in [0, 0.1) is 5.82 Å². The van der Waals surface area contributed by atoms with Crippen LogP contribution in [0.3, 0.4) is 0 Å². The van der Waals surface area contributed by atoms with E-state index in [0.29, 0.717) is 12.6 Å². The maximum absolute atomic E-state index is 13.9. The van der Waals surface area contributed by atoms with Gasteiger partial charge in [-0.25, -0.2) is 9.18 Å². The van der Waals surface area contributed by atoms with Gasteiger partial charge >= 0.3 is 5.97 Å². The fourth-order valence-electron chi connectivity index (χ4n) is 2.17. The monoisotopic (exact) mass is 295 g/mol. The van der Waals surface area contributed by atoms with Crippen molar-refractivity contribution < 1.29 is 13.9 Å². The first-order chi connectivity index (χ1) is 10.0. The van der Waals surface area contributed by atoms with Gasteiger partial charge in [0.2, 0.25) is 0 Å². The van der Waals surface area contributed by atoms with Crippen molar-refractivity contribution >= 4 is 17.3 Å². The first kappa shape index (κ1) is 15.6. The molecule has 1 aliphatic rings.